The molecule has 0 nitrogen and oxygen atoms in total. The molecular weight excluding hydrogens is 327 g/mol. The van der Waals surface area contributed by atoms with E-state index >= 15 is 0 Å². The molecule has 0 N–H and O–H groups in total. The van der Waals surface area contributed by atoms with Gasteiger partial charge in [0.1, 0.15) is 5.82 Å². The highest BCUT2D eigenvalue weighted by atomic mass is 32.1. The highest BCUT2D eigenvalue weighted by molar-refractivity contribution is 7.15. The average Bonchev–Trinajstić information content (AvgIpc) is 3.23. The fourth-order valence-corrected chi connectivity index (χ4v) is 4.38. The van der Waals surface area contributed by atoms with Gasteiger partial charge in [-0.3, -0.25) is 0 Å². The molecule has 2 heteroatoms. The molecule has 1 aliphatic rings. The molecule has 0 radical (unpaired) electrons. The maximum atomic E-state index is 14.6. The van der Waals surface area contributed by atoms with Gasteiger partial charge in [0.05, 0.1) is 0 Å². The van der Waals surface area contributed by atoms with Crippen molar-refractivity contribution >= 4 is 16.9 Å². The van der Waals surface area contributed by atoms with Crippen LogP contribution in [-0.2, 0) is 0 Å². The Morgan fingerprint density at radius 3 is 2.24 bits per heavy atom. The lowest BCUT2D eigenvalue weighted by molar-refractivity contribution is 0.632. The van der Waals surface area contributed by atoms with Crippen molar-refractivity contribution in [3.63, 3.8) is 0 Å². The van der Waals surface area contributed by atoms with Gasteiger partial charge in [0.25, 0.3) is 0 Å². The molecular formula is C23H21FS. The van der Waals surface area contributed by atoms with Crippen molar-refractivity contribution in [1.29, 1.82) is 0 Å². The van der Waals surface area contributed by atoms with Crippen molar-refractivity contribution in [1.82, 2.24) is 0 Å². The van der Waals surface area contributed by atoms with Crippen LogP contribution in [0.1, 0.15) is 30.2 Å². The van der Waals surface area contributed by atoms with Crippen LogP contribution in [-0.4, -0.2) is 0 Å². The normalized spacial score (nSPS) is 16.9. The molecule has 126 valence electrons. The zero-order valence-corrected chi connectivity index (χ0v) is 15.4. The predicted octanol–water partition coefficient (Wildman–Crippen LogP) is 7.34. The molecule has 1 aliphatic carbocycles. The lowest BCUT2D eigenvalue weighted by Crippen LogP contribution is -1.86. The zero-order chi connectivity index (χ0) is 17.4. The first-order chi connectivity index (χ1) is 12.1. The summed E-state index contributed by atoms with van der Waals surface area (Å²) in [7, 11) is 0. The number of benzene rings is 2. The molecule has 4 rings (SSSR count). The van der Waals surface area contributed by atoms with E-state index in [0.717, 1.165) is 22.4 Å². The Morgan fingerprint density at radius 1 is 0.920 bits per heavy atom. The summed E-state index contributed by atoms with van der Waals surface area (Å²) >= 11 is 1.63. The van der Waals surface area contributed by atoms with Gasteiger partial charge in [0.15, 0.2) is 0 Å². The van der Waals surface area contributed by atoms with Gasteiger partial charge in [-0.15, -0.1) is 11.3 Å². The lowest BCUT2D eigenvalue weighted by Gasteiger charge is -2.07. The van der Waals surface area contributed by atoms with Crippen LogP contribution in [0, 0.1) is 18.7 Å². The van der Waals surface area contributed by atoms with Crippen LogP contribution in [0.15, 0.2) is 60.7 Å². The molecule has 1 aromatic heterocycles. The standard InChI is InChI=1S/C23H21FS/c1-15-3-5-19(13-15)17-6-8-18(9-7-17)20-10-11-21(22(24)14-20)23-12-4-16(2)25-23/h4,6-15H,3,5H2,1-2H3. The first-order valence-electron chi connectivity index (χ1n) is 8.78. The second kappa shape index (κ2) is 6.61. The van der Waals surface area contributed by atoms with Gasteiger partial charge in [-0.1, -0.05) is 43.3 Å². The van der Waals surface area contributed by atoms with Gasteiger partial charge in [0.2, 0.25) is 0 Å². The van der Waals surface area contributed by atoms with Crippen LogP contribution in [0.2, 0.25) is 0 Å². The minimum absolute atomic E-state index is 0.157. The summed E-state index contributed by atoms with van der Waals surface area (Å²) in [5, 5.41) is 0. The van der Waals surface area contributed by atoms with Crippen LogP contribution in [0.25, 0.3) is 27.1 Å². The van der Waals surface area contributed by atoms with Crippen molar-refractivity contribution in [2.45, 2.75) is 26.7 Å². The summed E-state index contributed by atoms with van der Waals surface area (Å²) in [5.41, 5.74) is 5.40. The van der Waals surface area contributed by atoms with E-state index in [2.05, 4.69) is 37.3 Å². The molecule has 1 atom stereocenters. The van der Waals surface area contributed by atoms with E-state index in [0.29, 0.717) is 11.5 Å². The van der Waals surface area contributed by atoms with Gasteiger partial charge in [-0.2, -0.15) is 0 Å². The average molecular weight is 348 g/mol. The third-order valence-corrected chi connectivity index (χ3v) is 5.95. The third-order valence-electron chi connectivity index (χ3n) is 4.92. The first kappa shape index (κ1) is 16.3. The van der Waals surface area contributed by atoms with E-state index in [4.69, 9.17) is 0 Å². The summed E-state index contributed by atoms with van der Waals surface area (Å²) in [5.74, 6) is 0.521. The molecule has 1 unspecified atom stereocenters. The van der Waals surface area contributed by atoms with E-state index in [1.165, 1.54) is 22.4 Å². The maximum Gasteiger partial charge on any atom is 0.132 e. The van der Waals surface area contributed by atoms with Crippen molar-refractivity contribution in [3.8, 4) is 21.6 Å². The minimum atomic E-state index is -0.157. The maximum absolute atomic E-state index is 14.6. The topological polar surface area (TPSA) is 0 Å². The highest BCUT2D eigenvalue weighted by Gasteiger charge is 2.13. The fourth-order valence-electron chi connectivity index (χ4n) is 3.48. The smallest absolute Gasteiger partial charge is 0.132 e. The third kappa shape index (κ3) is 3.32. The molecule has 3 aromatic rings. The predicted molar refractivity (Wildman–Crippen MR) is 106 cm³/mol. The second-order valence-corrected chi connectivity index (χ2v) is 8.18. The lowest BCUT2D eigenvalue weighted by atomic mass is 9.99. The highest BCUT2D eigenvalue weighted by Crippen LogP contribution is 2.34. The molecule has 0 aliphatic heterocycles. The number of aryl methyl sites for hydroxylation is 1. The van der Waals surface area contributed by atoms with Gasteiger partial charge < -0.3 is 0 Å². The number of hydrogen-bond donors (Lipinski definition) is 0. The van der Waals surface area contributed by atoms with Crippen LogP contribution in [0.3, 0.4) is 0 Å². The Morgan fingerprint density at radius 2 is 1.64 bits per heavy atom. The summed E-state index contributed by atoms with van der Waals surface area (Å²) in [6.07, 6.45) is 4.77. The van der Waals surface area contributed by atoms with Crippen LogP contribution in [0.5, 0.6) is 0 Å². The van der Waals surface area contributed by atoms with Crippen LogP contribution < -0.4 is 0 Å². The number of allylic oxidation sites excluding steroid dienone is 2. The van der Waals surface area contributed by atoms with Gasteiger partial charge in [0, 0.05) is 15.3 Å². The van der Waals surface area contributed by atoms with Gasteiger partial charge in [-0.05, 0) is 72.2 Å². The van der Waals surface area contributed by atoms with Crippen molar-refractivity contribution in [3.05, 3.63) is 76.9 Å². The molecule has 2 aromatic carbocycles. The van der Waals surface area contributed by atoms with E-state index in [-0.39, 0.29) is 5.82 Å². The van der Waals surface area contributed by atoms with Gasteiger partial charge >= 0.3 is 0 Å². The summed E-state index contributed by atoms with van der Waals surface area (Å²) in [6.45, 7) is 4.31. The molecule has 0 saturated heterocycles. The first-order valence-corrected chi connectivity index (χ1v) is 9.59. The Hall–Kier alpha value is -2.19. The number of thiophene rings is 1. The van der Waals surface area contributed by atoms with Crippen molar-refractivity contribution < 1.29 is 4.39 Å². The largest absolute Gasteiger partial charge is 0.206 e. The fraction of sp³-hybridized carbons (Fsp3) is 0.217. The monoisotopic (exact) mass is 348 g/mol. The van der Waals surface area contributed by atoms with E-state index in [9.17, 15) is 4.39 Å². The Labute approximate surface area is 152 Å². The van der Waals surface area contributed by atoms with Crippen LogP contribution in [0.4, 0.5) is 4.39 Å². The Kier molecular flexibility index (Phi) is 4.30. The molecule has 0 saturated carbocycles. The SMILES string of the molecule is Cc1ccc(-c2ccc(-c3ccc(C4=CC(C)CC4)cc3)cc2F)s1. The molecule has 0 fully saturated rings. The van der Waals surface area contributed by atoms with E-state index in [1.54, 1.807) is 17.4 Å². The Bertz CT molecular complexity index is 931. The minimum Gasteiger partial charge on any atom is -0.206 e. The second-order valence-electron chi connectivity index (χ2n) is 6.89. The van der Waals surface area contributed by atoms with Crippen LogP contribution >= 0.6 is 11.3 Å². The molecule has 1 heterocycles. The summed E-state index contributed by atoms with van der Waals surface area (Å²) in [4.78, 5) is 2.18. The quantitative estimate of drug-likeness (QED) is 0.464. The number of halogens is 1. The van der Waals surface area contributed by atoms with E-state index < -0.39 is 0 Å². The molecule has 0 bridgehead atoms. The van der Waals surface area contributed by atoms with Crippen molar-refractivity contribution in [2.24, 2.45) is 5.92 Å². The zero-order valence-electron chi connectivity index (χ0n) is 14.6. The number of rotatable bonds is 3. The van der Waals surface area contributed by atoms with E-state index in [1.807, 2.05) is 31.2 Å². The van der Waals surface area contributed by atoms with Crippen molar-refractivity contribution in [2.75, 3.05) is 0 Å². The Balaban J connectivity index is 1.62. The summed E-state index contributed by atoms with van der Waals surface area (Å²) in [6, 6.07) is 18.1. The molecule has 0 spiro atoms. The summed E-state index contributed by atoms with van der Waals surface area (Å²) < 4.78 is 14.6. The molecule has 0 amide bonds. The molecule has 25 heavy (non-hydrogen) atoms. The van der Waals surface area contributed by atoms with Gasteiger partial charge in [-0.25, -0.2) is 4.39 Å². The number of hydrogen-bond acceptors (Lipinski definition) is 1.